The maximum absolute atomic E-state index is 6.48. The third kappa shape index (κ3) is 3.06. The first kappa shape index (κ1) is 15.1. The number of hydrogen-bond acceptors (Lipinski definition) is 1. The summed E-state index contributed by atoms with van der Waals surface area (Å²) in [6.07, 6.45) is 12.1. The molecule has 1 unspecified atom stereocenters. The van der Waals surface area contributed by atoms with Crippen molar-refractivity contribution in [1.82, 2.24) is 4.57 Å². The maximum atomic E-state index is 6.48. The van der Waals surface area contributed by atoms with E-state index >= 15 is 0 Å². The van der Waals surface area contributed by atoms with Crippen molar-refractivity contribution in [2.75, 3.05) is 0 Å². The zero-order valence-corrected chi connectivity index (χ0v) is 14.1. The minimum absolute atomic E-state index is 0.234. The normalized spacial score (nSPS) is 27.0. The van der Waals surface area contributed by atoms with Gasteiger partial charge in [0.1, 0.15) is 0 Å². The molecule has 2 heteroatoms. The second-order valence-corrected chi connectivity index (χ2v) is 8.21. The van der Waals surface area contributed by atoms with Crippen LogP contribution in [0.4, 0.5) is 0 Å². The molecule has 0 saturated heterocycles. The molecule has 2 N–H and O–H groups in total. The summed E-state index contributed by atoms with van der Waals surface area (Å²) in [5.74, 6) is 0. The smallest absolute Gasteiger partial charge is 0.0336 e. The van der Waals surface area contributed by atoms with Crippen LogP contribution < -0.4 is 5.73 Å². The molecule has 0 radical (unpaired) electrons. The fraction of sp³-hybridized carbons (Fsp3) is 0.789. The van der Waals surface area contributed by atoms with E-state index in [9.17, 15) is 0 Å². The number of hydrogen-bond donors (Lipinski definition) is 1. The van der Waals surface area contributed by atoms with Gasteiger partial charge in [-0.15, -0.1) is 0 Å². The lowest BCUT2D eigenvalue weighted by atomic mass is 9.74. The topological polar surface area (TPSA) is 30.9 Å². The monoisotopic (exact) mass is 288 g/mol. The molecule has 2 aliphatic carbocycles. The predicted octanol–water partition coefficient (Wildman–Crippen LogP) is 5.05. The minimum atomic E-state index is 0.234. The zero-order valence-electron chi connectivity index (χ0n) is 14.1. The van der Waals surface area contributed by atoms with Crippen LogP contribution in [0.3, 0.4) is 0 Å². The van der Waals surface area contributed by atoms with E-state index < -0.39 is 0 Å². The highest BCUT2D eigenvalue weighted by Gasteiger charge is 2.34. The van der Waals surface area contributed by atoms with Crippen LogP contribution >= 0.6 is 0 Å². The van der Waals surface area contributed by atoms with Crippen LogP contribution in [0.5, 0.6) is 0 Å². The lowest BCUT2D eigenvalue weighted by Gasteiger charge is -2.36. The average Bonchev–Trinajstić information content (AvgIpc) is 2.65. The zero-order chi connectivity index (χ0) is 15.0. The van der Waals surface area contributed by atoms with Crippen molar-refractivity contribution < 1.29 is 0 Å². The number of nitrogens with zero attached hydrogens (tertiary/aromatic N) is 1. The van der Waals surface area contributed by atoms with E-state index in [0.717, 1.165) is 12.5 Å². The van der Waals surface area contributed by atoms with E-state index in [-0.39, 0.29) is 6.04 Å². The summed E-state index contributed by atoms with van der Waals surface area (Å²) in [6.45, 7) is 7.04. The summed E-state index contributed by atoms with van der Waals surface area (Å²) in [6, 6.07) is 3.33. The molecule has 0 amide bonds. The highest BCUT2D eigenvalue weighted by molar-refractivity contribution is 5.34. The molecule has 0 bridgehead atoms. The third-order valence-corrected chi connectivity index (χ3v) is 5.63. The molecule has 0 aromatic carbocycles. The molecule has 1 fully saturated rings. The lowest BCUT2D eigenvalue weighted by molar-refractivity contribution is 0.265. The second kappa shape index (κ2) is 5.79. The Balaban J connectivity index is 1.95. The van der Waals surface area contributed by atoms with E-state index in [1.807, 2.05) is 0 Å². The molecule has 0 aliphatic heterocycles. The van der Waals surface area contributed by atoms with Gasteiger partial charge in [-0.3, -0.25) is 0 Å². The van der Waals surface area contributed by atoms with Gasteiger partial charge in [0.15, 0.2) is 0 Å². The summed E-state index contributed by atoms with van der Waals surface area (Å²) in [5, 5.41) is 0. The first-order valence-corrected chi connectivity index (χ1v) is 8.94. The minimum Gasteiger partial charge on any atom is -0.346 e. The van der Waals surface area contributed by atoms with E-state index in [4.69, 9.17) is 5.73 Å². The number of aromatic nitrogens is 1. The van der Waals surface area contributed by atoms with Gasteiger partial charge in [0.05, 0.1) is 0 Å². The number of aryl methyl sites for hydroxylation is 1. The lowest BCUT2D eigenvalue weighted by Crippen LogP contribution is -2.31. The Morgan fingerprint density at radius 3 is 2.38 bits per heavy atom. The van der Waals surface area contributed by atoms with Crippen molar-refractivity contribution in [1.29, 1.82) is 0 Å². The van der Waals surface area contributed by atoms with E-state index in [1.165, 1.54) is 62.6 Å². The Morgan fingerprint density at radius 1 is 1.10 bits per heavy atom. The summed E-state index contributed by atoms with van der Waals surface area (Å²) in [5.41, 5.74) is 11.3. The van der Waals surface area contributed by atoms with Crippen LogP contribution in [0.1, 0.15) is 94.2 Å². The van der Waals surface area contributed by atoms with E-state index in [2.05, 4.69) is 31.4 Å². The molecular weight excluding hydrogens is 256 g/mol. The molecule has 2 aliphatic rings. The number of nitrogens with two attached hydrogens (primary N) is 1. The highest BCUT2D eigenvalue weighted by Crippen LogP contribution is 2.43. The highest BCUT2D eigenvalue weighted by atomic mass is 15.0. The van der Waals surface area contributed by atoms with Crippen molar-refractivity contribution >= 4 is 0 Å². The summed E-state index contributed by atoms with van der Waals surface area (Å²) in [4.78, 5) is 0. The largest absolute Gasteiger partial charge is 0.346 e. The molecule has 118 valence electrons. The quantitative estimate of drug-likeness (QED) is 0.770. The van der Waals surface area contributed by atoms with Gasteiger partial charge in [0, 0.05) is 23.5 Å². The van der Waals surface area contributed by atoms with Crippen molar-refractivity contribution in [3.63, 3.8) is 0 Å². The van der Waals surface area contributed by atoms with Crippen molar-refractivity contribution in [3.8, 4) is 0 Å². The Hall–Kier alpha value is -0.760. The molecular formula is C19H32N2. The third-order valence-electron chi connectivity index (χ3n) is 5.63. The Bertz CT molecular complexity index is 490. The van der Waals surface area contributed by atoms with Gasteiger partial charge >= 0.3 is 0 Å². The molecule has 1 aromatic rings. The average molecular weight is 288 g/mol. The standard InChI is InChI=1S/C19H32N2/c1-14-11-16-17(20)12-19(2,3)13-18(16)21(14)15-9-7-5-4-6-8-10-15/h11,15,17H,4-10,12-13,20H2,1-3H3. The molecule has 0 spiro atoms. The van der Waals surface area contributed by atoms with Crippen LogP contribution in [0, 0.1) is 12.3 Å². The predicted molar refractivity (Wildman–Crippen MR) is 89.6 cm³/mol. The summed E-state index contributed by atoms with van der Waals surface area (Å²) in [7, 11) is 0. The summed E-state index contributed by atoms with van der Waals surface area (Å²) < 4.78 is 2.68. The van der Waals surface area contributed by atoms with Gasteiger partial charge in [0.25, 0.3) is 0 Å². The van der Waals surface area contributed by atoms with Gasteiger partial charge in [-0.25, -0.2) is 0 Å². The summed E-state index contributed by atoms with van der Waals surface area (Å²) >= 11 is 0. The molecule has 21 heavy (non-hydrogen) atoms. The van der Waals surface area contributed by atoms with Crippen LogP contribution in [-0.4, -0.2) is 4.57 Å². The molecule has 1 aromatic heterocycles. The number of rotatable bonds is 1. The maximum Gasteiger partial charge on any atom is 0.0336 e. The van der Waals surface area contributed by atoms with Crippen LogP contribution in [0.25, 0.3) is 0 Å². The molecule has 1 saturated carbocycles. The first-order valence-electron chi connectivity index (χ1n) is 8.94. The SMILES string of the molecule is Cc1cc2c(n1C1CCCCCCC1)CC(C)(C)CC2N. The second-order valence-electron chi connectivity index (χ2n) is 8.21. The van der Waals surface area contributed by atoms with Crippen LogP contribution in [-0.2, 0) is 6.42 Å². The number of fused-ring (bicyclic) bond motifs is 1. The van der Waals surface area contributed by atoms with E-state index in [0.29, 0.717) is 5.41 Å². The molecule has 2 nitrogen and oxygen atoms in total. The fourth-order valence-electron chi connectivity index (χ4n) is 4.67. The first-order chi connectivity index (χ1) is 9.98. The van der Waals surface area contributed by atoms with Gasteiger partial charge in [0.2, 0.25) is 0 Å². The Morgan fingerprint density at radius 2 is 1.71 bits per heavy atom. The van der Waals surface area contributed by atoms with Gasteiger partial charge < -0.3 is 10.3 Å². The molecule has 1 atom stereocenters. The Labute approximate surface area is 130 Å². The van der Waals surface area contributed by atoms with Crippen LogP contribution in [0.15, 0.2) is 6.07 Å². The van der Waals surface area contributed by atoms with Gasteiger partial charge in [-0.2, -0.15) is 0 Å². The van der Waals surface area contributed by atoms with E-state index in [1.54, 1.807) is 5.69 Å². The van der Waals surface area contributed by atoms with Crippen molar-refractivity contribution in [3.05, 3.63) is 23.0 Å². The van der Waals surface area contributed by atoms with Crippen LogP contribution in [0.2, 0.25) is 0 Å². The fourth-order valence-corrected chi connectivity index (χ4v) is 4.67. The Kier molecular flexibility index (Phi) is 4.18. The molecule has 1 heterocycles. The van der Waals surface area contributed by atoms with Crippen molar-refractivity contribution in [2.24, 2.45) is 11.1 Å². The van der Waals surface area contributed by atoms with Gasteiger partial charge in [-0.05, 0) is 49.7 Å². The molecule has 3 rings (SSSR count). The van der Waals surface area contributed by atoms with Crippen molar-refractivity contribution in [2.45, 2.75) is 90.6 Å². The van der Waals surface area contributed by atoms with Gasteiger partial charge in [-0.1, -0.05) is 46.0 Å².